The highest BCUT2D eigenvalue weighted by Gasteiger charge is 2.44. The van der Waals surface area contributed by atoms with E-state index in [0.29, 0.717) is 45.2 Å². The highest BCUT2D eigenvalue weighted by Crippen LogP contribution is 2.51. The number of aromatic nitrogens is 2. The van der Waals surface area contributed by atoms with E-state index in [1.807, 2.05) is 72.8 Å². The summed E-state index contributed by atoms with van der Waals surface area (Å²) in [6.45, 7) is 6.02. The van der Waals surface area contributed by atoms with Crippen LogP contribution >= 0.6 is 7.60 Å². The minimum Gasteiger partial charge on any atom is -0.447 e. The van der Waals surface area contributed by atoms with Gasteiger partial charge in [-0.05, 0) is 89.7 Å². The Kier molecular flexibility index (Phi) is 14.8. The zero-order chi connectivity index (χ0) is 46.9. The van der Waals surface area contributed by atoms with E-state index in [-0.39, 0.29) is 53.9 Å². The molecule has 4 aliphatic heterocycles. The molecule has 4 aromatic carbocycles. The summed E-state index contributed by atoms with van der Waals surface area (Å²) in [4.78, 5) is 46.9. The van der Waals surface area contributed by atoms with Crippen molar-refractivity contribution in [1.29, 1.82) is 0 Å². The van der Waals surface area contributed by atoms with Crippen molar-refractivity contribution < 1.29 is 46.3 Å². The lowest BCUT2D eigenvalue weighted by Crippen LogP contribution is -2.42. The Bertz CT molecular complexity index is 2780. The summed E-state index contributed by atoms with van der Waals surface area (Å²) >= 11 is 0. The van der Waals surface area contributed by atoms with E-state index < -0.39 is 7.60 Å². The molecule has 2 unspecified atom stereocenters. The highest BCUT2D eigenvalue weighted by molar-refractivity contribution is 7.53. The number of rotatable bonds is 11. The number of pyridine rings is 2. The number of cyclic esters (lactones) is 2. The first-order valence-electron chi connectivity index (χ1n) is 22.0. The van der Waals surface area contributed by atoms with Crippen LogP contribution in [0.1, 0.15) is 59.3 Å². The molecular weight excluding hydrogens is 878 g/mol. The van der Waals surface area contributed by atoms with E-state index in [4.69, 9.17) is 18.5 Å². The summed E-state index contributed by atoms with van der Waals surface area (Å²) in [5.41, 5.74) is 9.06. The quantitative estimate of drug-likeness (QED) is 0.0912. The van der Waals surface area contributed by atoms with E-state index in [9.17, 15) is 27.7 Å². The molecule has 10 rings (SSSR count). The molecule has 0 bridgehead atoms. The summed E-state index contributed by atoms with van der Waals surface area (Å²) in [5.74, 6) is -0.758. The van der Waals surface area contributed by atoms with Crippen LogP contribution in [0.25, 0.3) is 28.3 Å². The van der Waals surface area contributed by atoms with E-state index in [1.165, 1.54) is 29.8 Å². The number of halogens is 2. The zero-order valence-electron chi connectivity index (χ0n) is 37.0. The smallest absolute Gasteiger partial charge is 0.410 e. The fraction of sp³-hybridized carbons (Fsp3) is 0.250. The number of nitrogens with zero attached hydrogens (tertiary/aromatic N) is 4. The zero-order valence-corrected chi connectivity index (χ0v) is 37.8. The molecule has 0 saturated carbocycles. The van der Waals surface area contributed by atoms with Crippen molar-refractivity contribution in [2.24, 2.45) is 0 Å². The fourth-order valence-electron chi connectivity index (χ4n) is 8.69. The molecule has 0 N–H and O–H groups in total. The minimum atomic E-state index is -3.16. The first-order chi connectivity index (χ1) is 32.6. The Labute approximate surface area is 387 Å². The second-order valence-corrected chi connectivity index (χ2v) is 18.2. The molecule has 12 nitrogen and oxygen atoms in total. The van der Waals surface area contributed by atoms with Gasteiger partial charge in [0.15, 0.2) is 0 Å². The molecule has 2 amide bonds. The molecule has 2 saturated heterocycles. The Balaban J connectivity index is 0.000000142. The fourth-order valence-corrected chi connectivity index (χ4v) is 10.3. The second kappa shape index (κ2) is 21.2. The second-order valence-electron chi connectivity index (χ2n) is 16.1. The number of aldehydes is 1. The van der Waals surface area contributed by atoms with Crippen LogP contribution < -0.4 is 0 Å². The van der Waals surface area contributed by atoms with Crippen molar-refractivity contribution in [3.8, 4) is 22.3 Å². The van der Waals surface area contributed by atoms with Crippen LogP contribution in [0, 0.1) is 11.6 Å². The molecular formula is C52H49F2N4O8P. The molecule has 0 aliphatic carbocycles. The first-order valence-corrected chi connectivity index (χ1v) is 23.8. The maximum Gasteiger partial charge on any atom is 0.410 e. The Hall–Kier alpha value is -6.86. The largest absolute Gasteiger partial charge is 0.447 e. The van der Waals surface area contributed by atoms with Crippen molar-refractivity contribution in [2.75, 3.05) is 26.4 Å². The monoisotopic (exact) mass is 926 g/mol. The molecule has 4 atom stereocenters. The number of hydrogen-bond acceptors (Lipinski definition) is 10. The van der Waals surface area contributed by atoms with Gasteiger partial charge in [0.25, 0.3) is 0 Å². The van der Waals surface area contributed by atoms with Crippen molar-refractivity contribution in [3.05, 3.63) is 185 Å². The lowest BCUT2D eigenvalue weighted by Gasteiger charge is -2.34. The van der Waals surface area contributed by atoms with Gasteiger partial charge in [-0.3, -0.25) is 24.3 Å². The van der Waals surface area contributed by atoms with Crippen molar-refractivity contribution in [2.45, 2.75) is 57.0 Å². The van der Waals surface area contributed by atoms with Crippen LogP contribution in [0.5, 0.6) is 0 Å². The lowest BCUT2D eigenvalue weighted by atomic mass is 9.84. The summed E-state index contributed by atoms with van der Waals surface area (Å²) in [7, 11) is -3.16. The van der Waals surface area contributed by atoms with Gasteiger partial charge >= 0.3 is 19.8 Å². The number of fused-ring (bicyclic) bond motifs is 4. The molecule has 2 fully saturated rings. The molecule has 0 spiro atoms. The number of carbonyl (C=O) groups excluding carboxylic acids is 3. The van der Waals surface area contributed by atoms with Crippen LogP contribution in [0.4, 0.5) is 18.4 Å². The van der Waals surface area contributed by atoms with E-state index in [1.54, 1.807) is 54.2 Å². The van der Waals surface area contributed by atoms with Crippen LogP contribution in [-0.2, 0) is 47.1 Å². The summed E-state index contributed by atoms with van der Waals surface area (Å²) in [6, 6.07) is 36.0. The van der Waals surface area contributed by atoms with Gasteiger partial charge in [0.2, 0.25) is 0 Å². The Morgan fingerprint density at radius 1 is 0.657 bits per heavy atom. The van der Waals surface area contributed by atoms with Crippen LogP contribution in [-0.4, -0.2) is 76.8 Å². The highest BCUT2D eigenvalue weighted by atomic mass is 31.2. The number of hydrogen-bond donors (Lipinski definition) is 0. The number of amides is 2. The number of benzene rings is 4. The summed E-state index contributed by atoms with van der Waals surface area (Å²) < 4.78 is 59.9. The predicted molar refractivity (Wildman–Crippen MR) is 249 cm³/mol. The van der Waals surface area contributed by atoms with Gasteiger partial charge in [-0.15, -0.1) is 0 Å². The summed E-state index contributed by atoms with van der Waals surface area (Å²) in [5, 5.41) is 0. The van der Waals surface area contributed by atoms with Crippen molar-refractivity contribution >= 4 is 32.1 Å². The predicted octanol–water partition coefficient (Wildman–Crippen LogP) is 11.0. The Morgan fingerprint density at radius 3 is 1.67 bits per heavy atom. The SMILES string of the molecule is CCOP(=O)(Cc1ccc(-c2cccc(F)c2)cn1)OCC.O=C1OC[C@@H]2C(/C=C/c3ccc(-c4cccc(F)c4)cn3)c3ccccc3CN12.O=CC1c2ccccc2CN2C(=O)OC[C@H]12. The molecule has 4 aliphatic rings. The molecule has 6 aromatic rings. The summed E-state index contributed by atoms with van der Waals surface area (Å²) in [6.07, 6.45) is 7.93. The van der Waals surface area contributed by atoms with Gasteiger partial charge in [-0.2, -0.15) is 0 Å². The molecule has 0 radical (unpaired) electrons. The van der Waals surface area contributed by atoms with Crippen molar-refractivity contribution in [3.63, 3.8) is 0 Å². The standard InChI is InChI=1S/C24H19FN2O2.C16H19FNO3P.C12H11NO3/c25-19-6-3-5-16(12-19)17-8-9-20(26-13-17)10-11-22-21-7-2-1-4-18(21)14-27-23(22)15-29-24(27)28;1-3-20-22(19,21-4-2)12-16-9-8-14(11-18-16)13-6-5-7-15(17)10-13;14-6-10-9-4-2-1-3-8(9)5-13-11(10)7-16-12(13)15/h1-13,22-23H,14-15H2;5-11H,3-4,12H2,1-2H3;1-4,6,10-11H,5,7H2/b11-10+;;/t22?,23-;;10?,11-/m1.1/s1. The lowest BCUT2D eigenvalue weighted by molar-refractivity contribution is -0.110. The third-order valence-corrected chi connectivity index (χ3v) is 13.9. The molecule has 2 aromatic heterocycles. The maximum atomic E-state index is 13.4. The van der Waals surface area contributed by atoms with Gasteiger partial charge in [0.05, 0.1) is 48.8 Å². The first kappa shape index (κ1) is 46.7. The van der Waals surface area contributed by atoms with Gasteiger partial charge in [-0.25, -0.2) is 18.4 Å². The van der Waals surface area contributed by atoms with Crippen LogP contribution in [0.3, 0.4) is 0 Å². The molecule has 15 heteroatoms. The van der Waals surface area contributed by atoms with E-state index in [2.05, 4.69) is 28.2 Å². The average Bonchev–Trinajstić information content (AvgIpc) is 3.90. The molecule has 344 valence electrons. The van der Waals surface area contributed by atoms with E-state index >= 15 is 0 Å². The van der Waals surface area contributed by atoms with Crippen molar-refractivity contribution in [1.82, 2.24) is 19.8 Å². The molecule has 6 heterocycles. The Morgan fingerprint density at radius 2 is 1.18 bits per heavy atom. The average molecular weight is 927 g/mol. The number of ether oxygens (including phenoxy) is 2. The third-order valence-electron chi connectivity index (χ3n) is 11.9. The minimum absolute atomic E-state index is 0.000201. The van der Waals surface area contributed by atoms with Gasteiger partial charge in [-0.1, -0.05) is 91.0 Å². The van der Waals surface area contributed by atoms with Crippen LogP contribution in [0.15, 0.2) is 140 Å². The van der Waals surface area contributed by atoms with Gasteiger partial charge < -0.3 is 23.3 Å². The molecule has 67 heavy (non-hydrogen) atoms. The van der Waals surface area contributed by atoms with Gasteiger partial charge in [0, 0.05) is 42.5 Å². The van der Waals surface area contributed by atoms with Crippen LogP contribution in [0.2, 0.25) is 0 Å². The maximum absolute atomic E-state index is 13.4. The third kappa shape index (κ3) is 10.9. The number of carbonyl (C=O) groups is 3. The van der Waals surface area contributed by atoms with Gasteiger partial charge in [0.1, 0.15) is 31.1 Å². The van der Waals surface area contributed by atoms with E-state index in [0.717, 1.165) is 50.9 Å². The normalized spacial score (nSPS) is 19.1. The topological polar surface area (TPSA) is 137 Å².